The molecule has 0 fully saturated rings. The van der Waals surface area contributed by atoms with E-state index in [1.165, 1.54) is 12.3 Å². The van der Waals surface area contributed by atoms with Gasteiger partial charge in [0.1, 0.15) is 11.9 Å². The van der Waals surface area contributed by atoms with Gasteiger partial charge in [-0.05, 0) is 26.8 Å². The molecule has 3 nitrogen and oxygen atoms in total. The van der Waals surface area contributed by atoms with Crippen LogP contribution in [-0.2, 0) is 4.74 Å². The van der Waals surface area contributed by atoms with Gasteiger partial charge in [-0.15, -0.1) is 0 Å². The smallest absolute Gasteiger partial charge is 0.141 e. The van der Waals surface area contributed by atoms with Crippen molar-refractivity contribution < 1.29 is 14.2 Å². The van der Waals surface area contributed by atoms with E-state index in [4.69, 9.17) is 4.74 Å². The van der Waals surface area contributed by atoms with Gasteiger partial charge in [0.15, 0.2) is 0 Å². The van der Waals surface area contributed by atoms with Crippen LogP contribution < -0.4 is 0 Å². The highest BCUT2D eigenvalue weighted by Crippen LogP contribution is 2.16. The summed E-state index contributed by atoms with van der Waals surface area (Å²) in [5.41, 5.74) is 0.112. The first-order chi connectivity index (χ1) is 6.88. The lowest BCUT2D eigenvalue weighted by Crippen LogP contribution is -2.22. The molecular formula is C11H16FNO2. The predicted octanol–water partition coefficient (Wildman–Crippen LogP) is 2.07. The maximum Gasteiger partial charge on any atom is 0.141 e. The maximum atomic E-state index is 12.8. The van der Waals surface area contributed by atoms with E-state index in [1.54, 1.807) is 0 Å². The lowest BCUT2D eigenvalue weighted by molar-refractivity contribution is -0.0497. The Balaban J connectivity index is 2.58. The Bertz CT molecular complexity index is 323. The number of halogens is 1. The highest BCUT2D eigenvalue weighted by Gasteiger charge is 2.15. The molecule has 0 amide bonds. The van der Waals surface area contributed by atoms with E-state index in [2.05, 4.69) is 4.98 Å². The number of aromatic nitrogens is 1. The molecule has 4 heteroatoms. The number of nitrogens with zero attached hydrogens (tertiary/aromatic N) is 1. The average molecular weight is 213 g/mol. The molecule has 0 saturated heterocycles. The van der Waals surface area contributed by atoms with Crippen molar-refractivity contribution in [3.8, 4) is 0 Å². The van der Waals surface area contributed by atoms with Crippen molar-refractivity contribution in [1.82, 2.24) is 4.98 Å². The molecule has 1 atom stereocenters. The SMILES string of the molecule is CC(C)(C)OCC(O)c1cncc(F)c1. The molecular weight excluding hydrogens is 197 g/mol. The number of ether oxygens (including phenoxy) is 1. The highest BCUT2D eigenvalue weighted by atomic mass is 19.1. The van der Waals surface area contributed by atoms with Crippen LogP contribution in [0.5, 0.6) is 0 Å². The van der Waals surface area contributed by atoms with Gasteiger partial charge in [0, 0.05) is 11.8 Å². The van der Waals surface area contributed by atoms with Crippen molar-refractivity contribution >= 4 is 0 Å². The van der Waals surface area contributed by atoms with E-state index >= 15 is 0 Å². The maximum absolute atomic E-state index is 12.8. The van der Waals surface area contributed by atoms with Crippen LogP contribution in [0.25, 0.3) is 0 Å². The zero-order valence-corrected chi connectivity index (χ0v) is 9.20. The van der Waals surface area contributed by atoms with Crippen LogP contribution in [0.2, 0.25) is 0 Å². The first-order valence-corrected chi connectivity index (χ1v) is 4.81. The molecule has 0 spiro atoms. The van der Waals surface area contributed by atoms with E-state index in [9.17, 15) is 9.50 Å². The lowest BCUT2D eigenvalue weighted by atomic mass is 10.1. The van der Waals surface area contributed by atoms with Gasteiger partial charge >= 0.3 is 0 Å². The summed E-state index contributed by atoms with van der Waals surface area (Å²) in [4.78, 5) is 3.66. The minimum absolute atomic E-state index is 0.134. The molecule has 0 bridgehead atoms. The minimum atomic E-state index is -0.840. The Kier molecular flexibility index (Phi) is 3.77. The summed E-state index contributed by atoms with van der Waals surface area (Å²) in [5.74, 6) is -0.456. The molecule has 1 heterocycles. The van der Waals surface area contributed by atoms with Gasteiger partial charge in [-0.3, -0.25) is 4.98 Å². The van der Waals surface area contributed by atoms with Gasteiger partial charge in [0.25, 0.3) is 0 Å². The average Bonchev–Trinajstić information content (AvgIpc) is 2.13. The van der Waals surface area contributed by atoms with Crippen molar-refractivity contribution in [1.29, 1.82) is 0 Å². The third-order valence-electron chi connectivity index (χ3n) is 1.79. The van der Waals surface area contributed by atoms with Crippen LogP contribution in [-0.4, -0.2) is 22.3 Å². The first-order valence-electron chi connectivity index (χ1n) is 4.81. The topological polar surface area (TPSA) is 42.4 Å². The molecule has 1 aromatic rings. The molecule has 0 aliphatic heterocycles. The Labute approximate surface area is 88.9 Å². The molecule has 0 saturated carbocycles. The van der Waals surface area contributed by atoms with E-state index < -0.39 is 11.9 Å². The molecule has 0 aliphatic rings. The van der Waals surface area contributed by atoms with Gasteiger partial charge in [0.2, 0.25) is 0 Å². The highest BCUT2D eigenvalue weighted by molar-refractivity contribution is 5.13. The van der Waals surface area contributed by atoms with Gasteiger partial charge < -0.3 is 9.84 Å². The van der Waals surface area contributed by atoms with Crippen LogP contribution in [0.3, 0.4) is 0 Å². The quantitative estimate of drug-likeness (QED) is 0.835. The van der Waals surface area contributed by atoms with Crippen LogP contribution in [0, 0.1) is 5.82 Å². The monoisotopic (exact) mass is 213 g/mol. The minimum Gasteiger partial charge on any atom is -0.386 e. The molecule has 0 aliphatic carbocycles. The summed E-state index contributed by atoms with van der Waals surface area (Å²) in [5, 5.41) is 9.68. The number of hydrogen-bond donors (Lipinski definition) is 1. The molecule has 84 valence electrons. The number of rotatable bonds is 3. The van der Waals surface area contributed by atoms with Crippen LogP contribution in [0.1, 0.15) is 32.4 Å². The standard InChI is InChI=1S/C11H16FNO2/c1-11(2,3)15-7-10(14)8-4-9(12)6-13-5-8/h4-6,10,14H,7H2,1-3H3. The summed E-state index contributed by atoms with van der Waals surface area (Å²) in [6.45, 7) is 5.81. The summed E-state index contributed by atoms with van der Waals surface area (Å²) in [6.07, 6.45) is 1.69. The second-order valence-electron chi connectivity index (χ2n) is 4.38. The van der Waals surface area contributed by atoms with Crippen molar-refractivity contribution in [3.63, 3.8) is 0 Å². The first kappa shape index (κ1) is 12.1. The Morgan fingerprint density at radius 1 is 1.47 bits per heavy atom. The largest absolute Gasteiger partial charge is 0.386 e. The summed E-state index contributed by atoms with van der Waals surface area (Å²) >= 11 is 0. The second kappa shape index (κ2) is 4.68. The van der Waals surface area contributed by atoms with Crippen LogP contribution in [0.4, 0.5) is 4.39 Å². The Morgan fingerprint density at radius 3 is 2.67 bits per heavy atom. The molecule has 1 unspecified atom stereocenters. The fraction of sp³-hybridized carbons (Fsp3) is 0.545. The number of hydrogen-bond acceptors (Lipinski definition) is 3. The zero-order valence-electron chi connectivity index (χ0n) is 9.20. The fourth-order valence-electron chi connectivity index (χ4n) is 1.04. The molecule has 0 radical (unpaired) electrons. The Hall–Kier alpha value is -1.00. The van der Waals surface area contributed by atoms with Gasteiger partial charge in [0.05, 0.1) is 18.4 Å². The lowest BCUT2D eigenvalue weighted by Gasteiger charge is -2.21. The van der Waals surface area contributed by atoms with E-state index in [-0.39, 0.29) is 12.2 Å². The van der Waals surface area contributed by atoms with Crippen molar-refractivity contribution in [2.75, 3.05) is 6.61 Å². The molecule has 1 rings (SSSR count). The summed E-state index contributed by atoms with van der Waals surface area (Å²) < 4.78 is 18.2. The summed E-state index contributed by atoms with van der Waals surface area (Å²) in [7, 11) is 0. The van der Waals surface area contributed by atoms with Gasteiger partial charge in [-0.2, -0.15) is 0 Å². The molecule has 15 heavy (non-hydrogen) atoms. The number of aliphatic hydroxyl groups is 1. The number of pyridine rings is 1. The third kappa shape index (κ3) is 4.36. The van der Waals surface area contributed by atoms with Gasteiger partial charge in [-0.1, -0.05) is 0 Å². The van der Waals surface area contributed by atoms with Crippen molar-refractivity contribution in [2.45, 2.75) is 32.5 Å². The van der Waals surface area contributed by atoms with E-state index in [0.717, 1.165) is 6.20 Å². The third-order valence-corrected chi connectivity index (χ3v) is 1.79. The second-order valence-corrected chi connectivity index (χ2v) is 4.38. The van der Waals surface area contributed by atoms with Gasteiger partial charge in [-0.25, -0.2) is 4.39 Å². The normalized spacial score (nSPS) is 13.9. The Morgan fingerprint density at radius 2 is 2.13 bits per heavy atom. The van der Waals surface area contributed by atoms with E-state index in [0.29, 0.717) is 5.56 Å². The summed E-state index contributed by atoms with van der Waals surface area (Å²) in [6, 6.07) is 1.25. The molecule has 1 aromatic heterocycles. The van der Waals surface area contributed by atoms with E-state index in [1.807, 2.05) is 20.8 Å². The molecule has 1 N–H and O–H groups in total. The zero-order chi connectivity index (χ0) is 11.5. The van der Waals surface area contributed by atoms with Crippen LogP contribution in [0.15, 0.2) is 18.5 Å². The molecule has 0 aromatic carbocycles. The van der Waals surface area contributed by atoms with Crippen LogP contribution >= 0.6 is 0 Å². The van der Waals surface area contributed by atoms with Crippen molar-refractivity contribution in [3.05, 3.63) is 29.8 Å². The number of aliphatic hydroxyl groups excluding tert-OH is 1. The fourth-order valence-corrected chi connectivity index (χ4v) is 1.04. The van der Waals surface area contributed by atoms with Crippen molar-refractivity contribution in [2.24, 2.45) is 0 Å². The predicted molar refractivity (Wildman–Crippen MR) is 54.9 cm³/mol.